The van der Waals surface area contributed by atoms with E-state index in [1.54, 1.807) is 0 Å². The van der Waals surface area contributed by atoms with Crippen molar-refractivity contribution in [2.24, 2.45) is 11.3 Å². The number of Topliss-reactive ketones (excluding diaryl/α,β-unsaturated/α-hetero) is 1. The Balaban J connectivity index is 3.14. The van der Waals surface area contributed by atoms with Gasteiger partial charge in [-0.3, -0.25) is 4.79 Å². The second-order valence-electron chi connectivity index (χ2n) is 6.64. The van der Waals surface area contributed by atoms with Crippen molar-refractivity contribution in [1.29, 1.82) is 0 Å². The summed E-state index contributed by atoms with van der Waals surface area (Å²) in [5, 5.41) is 3.35. The van der Waals surface area contributed by atoms with E-state index >= 15 is 0 Å². The summed E-state index contributed by atoms with van der Waals surface area (Å²) >= 11 is 0. The fourth-order valence-electron chi connectivity index (χ4n) is 1.39. The third kappa shape index (κ3) is 15.7. The van der Waals surface area contributed by atoms with Crippen LogP contribution in [0.2, 0.25) is 0 Å². The summed E-state index contributed by atoms with van der Waals surface area (Å²) in [4.78, 5) is 11.3. The first-order chi connectivity index (χ1) is 9.83. The lowest BCUT2D eigenvalue weighted by Gasteiger charge is -2.18. The van der Waals surface area contributed by atoms with Gasteiger partial charge in [0.25, 0.3) is 0 Å². The summed E-state index contributed by atoms with van der Waals surface area (Å²) in [5.74, 6) is 0.160. The van der Waals surface area contributed by atoms with Crippen molar-refractivity contribution in [1.82, 2.24) is 5.32 Å². The maximum atomic E-state index is 11.3. The molecule has 0 saturated carbocycles. The van der Waals surface area contributed by atoms with Crippen molar-refractivity contribution in [2.75, 3.05) is 52.7 Å². The minimum Gasteiger partial charge on any atom is -0.378 e. The molecule has 0 amide bonds. The summed E-state index contributed by atoms with van der Waals surface area (Å²) in [5.41, 5.74) is 0.306. The topological polar surface area (TPSA) is 56.8 Å². The first kappa shape index (κ1) is 20.5. The molecule has 0 heterocycles. The molecule has 0 rings (SSSR count). The maximum absolute atomic E-state index is 11.3. The molecule has 0 aromatic carbocycles. The largest absolute Gasteiger partial charge is 0.378 e. The number of ketones is 1. The second kappa shape index (κ2) is 12.1. The Labute approximate surface area is 129 Å². The van der Waals surface area contributed by atoms with E-state index in [2.05, 4.69) is 26.1 Å². The molecular weight excluding hydrogens is 270 g/mol. The quantitative estimate of drug-likeness (QED) is 0.527. The van der Waals surface area contributed by atoms with Crippen LogP contribution in [0.3, 0.4) is 0 Å². The molecule has 0 radical (unpaired) electrons. The van der Waals surface area contributed by atoms with Gasteiger partial charge in [-0.25, -0.2) is 0 Å². The first-order valence-corrected chi connectivity index (χ1v) is 7.79. The highest BCUT2D eigenvalue weighted by atomic mass is 16.5. The van der Waals surface area contributed by atoms with E-state index in [4.69, 9.17) is 14.2 Å². The van der Waals surface area contributed by atoms with Gasteiger partial charge in [0.2, 0.25) is 0 Å². The second-order valence-corrected chi connectivity index (χ2v) is 6.64. The number of nitrogens with one attached hydrogen (secondary N) is 1. The van der Waals surface area contributed by atoms with E-state index in [9.17, 15) is 4.79 Å². The highest BCUT2D eigenvalue weighted by molar-refractivity contribution is 5.81. The lowest BCUT2D eigenvalue weighted by atomic mass is 9.97. The van der Waals surface area contributed by atoms with Crippen LogP contribution in [0.4, 0.5) is 0 Å². The molecule has 5 nitrogen and oxygen atoms in total. The molecule has 5 heteroatoms. The predicted octanol–water partition coefficient (Wildman–Crippen LogP) is 1.90. The van der Waals surface area contributed by atoms with Crippen LogP contribution in [-0.2, 0) is 19.0 Å². The predicted molar refractivity (Wildman–Crippen MR) is 84.6 cm³/mol. The number of carbonyl (C=O) groups is 1. The molecule has 21 heavy (non-hydrogen) atoms. The number of hydrogen-bond donors (Lipinski definition) is 1. The summed E-state index contributed by atoms with van der Waals surface area (Å²) in [6.07, 6.45) is 0. The zero-order valence-corrected chi connectivity index (χ0v) is 14.4. The number of ether oxygens (including phenoxy) is 3. The van der Waals surface area contributed by atoms with E-state index in [1.807, 2.05) is 13.8 Å². The zero-order chi connectivity index (χ0) is 16.1. The lowest BCUT2D eigenvalue weighted by Crippen LogP contribution is -2.29. The summed E-state index contributed by atoms with van der Waals surface area (Å²) in [7, 11) is 0. The van der Waals surface area contributed by atoms with Crippen molar-refractivity contribution >= 4 is 5.78 Å². The van der Waals surface area contributed by atoms with E-state index in [-0.39, 0.29) is 18.3 Å². The SMILES string of the molecule is CC(C)C(=O)COCCOCCOCCNCC(C)(C)C. The van der Waals surface area contributed by atoms with E-state index in [0.717, 1.165) is 13.1 Å². The molecule has 0 fully saturated rings. The van der Waals surface area contributed by atoms with Gasteiger partial charge in [0, 0.05) is 19.0 Å². The van der Waals surface area contributed by atoms with Crippen LogP contribution in [0.25, 0.3) is 0 Å². The Morgan fingerprint density at radius 1 is 0.952 bits per heavy atom. The Morgan fingerprint density at radius 3 is 2.00 bits per heavy atom. The Kier molecular flexibility index (Phi) is 11.8. The third-order valence-corrected chi connectivity index (χ3v) is 2.71. The van der Waals surface area contributed by atoms with Crippen LogP contribution in [0, 0.1) is 11.3 Å². The fourth-order valence-corrected chi connectivity index (χ4v) is 1.39. The van der Waals surface area contributed by atoms with Crippen LogP contribution in [-0.4, -0.2) is 58.5 Å². The minimum atomic E-state index is 0.0335. The molecular formula is C16H33NO4. The average Bonchev–Trinajstić information content (AvgIpc) is 2.38. The maximum Gasteiger partial charge on any atom is 0.160 e. The van der Waals surface area contributed by atoms with Gasteiger partial charge in [0.1, 0.15) is 6.61 Å². The molecule has 126 valence electrons. The molecule has 0 unspecified atom stereocenters. The molecule has 0 aromatic rings. The van der Waals surface area contributed by atoms with Gasteiger partial charge >= 0.3 is 0 Å². The summed E-state index contributed by atoms with van der Waals surface area (Å²) < 4.78 is 16.0. The van der Waals surface area contributed by atoms with E-state index in [0.29, 0.717) is 38.4 Å². The normalized spacial score (nSPS) is 12.1. The van der Waals surface area contributed by atoms with Crippen LogP contribution < -0.4 is 5.32 Å². The van der Waals surface area contributed by atoms with Crippen LogP contribution in [0.1, 0.15) is 34.6 Å². The molecule has 0 spiro atoms. The Morgan fingerprint density at radius 2 is 1.48 bits per heavy atom. The van der Waals surface area contributed by atoms with E-state index in [1.165, 1.54) is 0 Å². The van der Waals surface area contributed by atoms with Crippen LogP contribution in [0.15, 0.2) is 0 Å². The van der Waals surface area contributed by atoms with E-state index < -0.39 is 0 Å². The minimum absolute atomic E-state index is 0.0335. The molecule has 0 aromatic heterocycles. The highest BCUT2D eigenvalue weighted by Crippen LogP contribution is 2.09. The lowest BCUT2D eigenvalue weighted by molar-refractivity contribution is -0.127. The van der Waals surface area contributed by atoms with Gasteiger partial charge in [-0.15, -0.1) is 0 Å². The Hall–Kier alpha value is -0.490. The summed E-state index contributed by atoms with van der Waals surface area (Å²) in [6, 6.07) is 0. The highest BCUT2D eigenvalue weighted by Gasteiger charge is 2.08. The molecule has 0 saturated heterocycles. The van der Waals surface area contributed by atoms with Gasteiger partial charge in [-0.2, -0.15) is 0 Å². The monoisotopic (exact) mass is 303 g/mol. The van der Waals surface area contributed by atoms with Gasteiger partial charge in [0.15, 0.2) is 5.78 Å². The number of carbonyl (C=O) groups excluding carboxylic acids is 1. The fraction of sp³-hybridized carbons (Fsp3) is 0.938. The standard InChI is InChI=1S/C16H33NO4/c1-14(2)15(18)12-21-11-10-20-9-8-19-7-6-17-13-16(3,4)5/h14,17H,6-13H2,1-5H3. The van der Waals surface area contributed by atoms with Crippen molar-refractivity contribution in [2.45, 2.75) is 34.6 Å². The van der Waals surface area contributed by atoms with Crippen molar-refractivity contribution in [3.8, 4) is 0 Å². The molecule has 0 aliphatic carbocycles. The van der Waals surface area contributed by atoms with Gasteiger partial charge in [-0.1, -0.05) is 34.6 Å². The van der Waals surface area contributed by atoms with Crippen LogP contribution >= 0.6 is 0 Å². The van der Waals surface area contributed by atoms with Gasteiger partial charge in [-0.05, 0) is 5.41 Å². The van der Waals surface area contributed by atoms with Gasteiger partial charge < -0.3 is 19.5 Å². The molecule has 0 aliphatic rings. The van der Waals surface area contributed by atoms with Crippen molar-refractivity contribution in [3.05, 3.63) is 0 Å². The molecule has 0 atom stereocenters. The first-order valence-electron chi connectivity index (χ1n) is 7.79. The van der Waals surface area contributed by atoms with Crippen molar-refractivity contribution < 1.29 is 19.0 Å². The molecule has 1 N–H and O–H groups in total. The third-order valence-electron chi connectivity index (χ3n) is 2.71. The smallest absolute Gasteiger partial charge is 0.160 e. The van der Waals surface area contributed by atoms with Crippen LogP contribution in [0.5, 0.6) is 0 Å². The molecule has 0 bridgehead atoms. The zero-order valence-electron chi connectivity index (χ0n) is 14.4. The van der Waals surface area contributed by atoms with Gasteiger partial charge in [0.05, 0.1) is 33.0 Å². The van der Waals surface area contributed by atoms with Crippen molar-refractivity contribution in [3.63, 3.8) is 0 Å². The Bertz CT molecular complexity index is 261. The molecule has 0 aliphatic heterocycles. The summed E-state index contributed by atoms with van der Waals surface area (Å²) in [6.45, 7) is 15.1. The average molecular weight is 303 g/mol. The number of rotatable bonds is 13. The number of hydrogen-bond acceptors (Lipinski definition) is 5.